The lowest BCUT2D eigenvalue weighted by atomic mass is 10.1. The third-order valence-electron chi connectivity index (χ3n) is 4.07. The zero-order valence-electron chi connectivity index (χ0n) is 11.9. The smallest absolute Gasteiger partial charge is 0.268 e. The standard InChI is InChI=1S/C16H16F2N2O/c1-9-3-6-15(20(9)2)16(21)19-14-8-12(14)11-5-4-10(17)7-13(11)18/h3-7,12,14H,8H2,1-2H3,(H,19,21)/t12-,14+/m0/s1. The van der Waals surface area contributed by atoms with Gasteiger partial charge in [-0.15, -0.1) is 0 Å². The Balaban J connectivity index is 1.69. The molecule has 3 rings (SSSR count). The van der Waals surface area contributed by atoms with Gasteiger partial charge in [0.1, 0.15) is 17.3 Å². The number of carbonyl (C=O) groups excluding carboxylic acids is 1. The Hall–Kier alpha value is -2.17. The number of hydrogen-bond donors (Lipinski definition) is 1. The average Bonchev–Trinajstić information content (AvgIpc) is 3.08. The van der Waals surface area contributed by atoms with Crippen LogP contribution in [0.2, 0.25) is 0 Å². The molecule has 0 unspecified atom stereocenters. The van der Waals surface area contributed by atoms with Crippen LogP contribution in [0.1, 0.15) is 34.1 Å². The second-order valence-corrected chi connectivity index (χ2v) is 5.51. The molecule has 3 nitrogen and oxygen atoms in total. The zero-order valence-corrected chi connectivity index (χ0v) is 11.9. The van der Waals surface area contributed by atoms with Gasteiger partial charge in [-0.1, -0.05) is 6.07 Å². The van der Waals surface area contributed by atoms with E-state index in [-0.39, 0.29) is 17.9 Å². The molecule has 5 heteroatoms. The van der Waals surface area contributed by atoms with Crippen molar-refractivity contribution in [2.45, 2.75) is 25.3 Å². The van der Waals surface area contributed by atoms with Gasteiger partial charge in [0.25, 0.3) is 5.91 Å². The summed E-state index contributed by atoms with van der Waals surface area (Å²) in [4.78, 5) is 12.2. The summed E-state index contributed by atoms with van der Waals surface area (Å²) in [6.07, 6.45) is 0.678. The predicted octanol–water partition coefficient (Wildman–Crippen LogP) is 2.90. The molecule has 1 amide bonds. The highest BCUT2D eigenvalue weighted by molar-refractivity contribution is 5.93. The van der Waals surface area contributed by atoms with Crippen molar-refractivity contribution in [2.75, 3.05) is 0 Å². The molecule has 110 valence electrons. The lowest BCUT2D eigenvalue weighted by Crippen LogP contribution is -2.28. The molecule has 1 N–H and O–H groups in total. The normalized spacial score (nSPS) is 20.4. The van der Waals surface area contributed by atoms with Crippen LogP contribution in [0.3, 0.4) is 0 Å². The van der Waals surface area contributed by atoms with Gasteiger partial charge in [0.2, 0.25) is 0 Å². The number of rotatable bonds is 3. The number of hydrogen-bond acceptors (Lipinski definition) is 1. The fourth-order valence-corrected chi connectivity index (χ4v) is 2.58. The number of halogens is 2. The first-order chi connectivity index (χ1) is 9.97. The van der Waals surface area contributed by atoms with Crippen LogP contribution in [0.25, 0.3) is 0 Å². The SMILES string of the molecule is Cc1ccc(C(=O)N[C@@H]2C[C@H]2c2ccc(F)cc2F)n1C. The second-order valence-electron chi connectivity index (χ2n) is 5.51. The molecule has 0 saturated heterocycles. The van der Waals surface area contributed by atoms with Crippen LogP contribution >= 0.6 is 0 Å². The highest BCUT2D eigenvalue weighted by atomic mass is 19.1. The van der Waals surface area contributed by atoms with Gasteiger partial charge in [-0.05, 0) is 37.1 Å². The van der Waals surface area contributed by atoms with Crippen LogP contribution in [-0.2, 0) is 7.05 Å². The van der Waals surface area contributed by atoms with Gasteiger partial charge in [-0.25, -0.2) is 8.78 Å². The summed E-state index contributed by atoms with van der Waals surface area (Å²) in [5, 5.41) is 2.89. The second kappa shape index (κ2) is 4.98. The van der Waals surface area contributed by atoms with Gasteiger partial charge in [-0.2, -0.15) is 0 Å². The average molecular weight is 290 g/mol. The summed E-state index contributed by atoms with van der Waals surface area (Å²) in [6, 6.07) is 7.13. The summed E-state index contributed by atoms with van der Waals surface area (Å²) in [5.74, 6) is -1.38. The van der Waals surface area contributed by atoms with E-state index >= 15 is 0 Å². The van der Waals surface area contributed by atoms with Crippen LogP contribution < -0.4 is 5.32 Å². The maximum absolute atomic E-state index is 13.7. The molecule has 2 atom stereocenters. The minimum atomic E-state index is -0.586. The van der Waals surface area contributed by atoms with E-state index in [0.29, 0.717) is 17.7 Å². The number of amides is 1. The van der Waals surface area contributed by atoms with Crippen LogP contribution in [0.5, 0.6) is 0 Å². The lowest BCUT2D eigenvalue weighted by Gasteiger charge is -2.07. The minimum Gasteiger partial charge on any atom is -0.347 e. The predicted molar refractivity (Wildman–Crippen MR) is 75.1 cm³/mol. The van der Waals surface area contributed by atoms with Gasteiger partial charge in [0, 0.05) is 30.8 Å². The molecule has 1 saturated carbocycles. The number of benzene rings is 1. The van der Waals surface area contributed by atoms with Crippen molar-refractivity contribution in [1.29, 1.82) is 0 Å². The van der Waals surface area contributed by atoms with E-state index in [2.05, 4.69) is 5.32 Å². The molecule has 2 aromatic rings. The highest BCUT2D eigenvalue weighted by Gasteiger charge is 2.41. The van der Waals surface area contributed by atoms with Gasteiger partial charge < -0.3 is 9.88 Å². The maximum Gasteiger partial charge on any atom is 0.268 e. The molecule has 1 aliphatic rings. The summed E-state index contributed by atoms with van der Waals surface area (Å²) >= 11 is 0. The molecule has 0 spiro atoms. The van der Waals surface area contributed by atoms with Crippen molar-refractivity contribution in [3.8, 4) is 0 Å². The van der Waals surface area contributed by atoms with Crippen molar-refractivity contribution in [2.24, 2.45) is 7.05 Å². The van der Waals surface area contributed by atoms with Gasteiger partial charge in [-0.3, -0.25) is 4.79 Å². The molecule has 1 heterocycles. The largest absolute Gasteiger partial charge is 0.347 e. The van der Waals surface area contributed by atoms with Gasteiger partial charge >= 0.3 is 0 Å². The van der Waals surface area contributed by atoms with E-state index < -0.39 is 11.6 Å². The van der Waals surface area contributed by atoms with Gasteiger partial charge in [0.15, 0.2) is 0 Å². The first kappa shape index (κ1) is 13.8. The molecular formula is C16H16F2N2O. The molecule has 0 radical (unpaired) electrons. The zero-order chi connectivity index (χ0) is 15.1. The molecule has 1 aromatic heterocycles. The molecule has 0 bridgehead atoms. The van der Waals surface area contributed by atoms with Crippen LogP contribution in [0.15, 0.2) is 30.3 Å². The molecule has 21 heavy (non-hydrogen) atoms. The summed E-state index contributed by atoms with van der Waals surface area (Å²) in [6.45, 7) is 1.92. The summed E-state index contributed by atoms with van der Waals surface area (Å²) in [5.41, 5.74) is 2.04. The third-order valence-corrected chi connectivity index (χ3v) is 4.07. The Bertz CT molecular complexity index is 708. The van der Waals surface area contributed by atoms with Gasteiger partial charge in [0.05, 0.1) is 0 Å². The van der Waals surface area contributed by atoms with Crippen molar-refractivity contribution >= 4 is 5.91 Å². The fraction of sp³-hybridized carbons (Fsp3) is 0.312. The van der Waals surface area contributed by atoms with E-state index in [1.807, 2.05) is 24.6 Å². The van der Waals surface area contributed by atoms with Crippen molar-refractivity contribution in [3.05, 3.63) is 58.9 Å². The highest BCUT2D eigenvalue weighted by Crippen LogP contribution is 2.42. The third kappa shape index (κ3) is 2.55. The van der Waals surface area contributed by atoms with E-state index in [1.54, 1.807) is 6.07 Å². The van der Waals surface area contributed by atoms with Crippen LogP contribution in [0.4, 0.5) is 8.78 Å². The molecular weight excluding hydrogens is 274 g/mol. The fourth-order valence-electron chi connectivity index (χ4n) is 2.58. The first-order valence-electron chi connectivity index (χ1n) is 6.85. The number of nitrogens with one attached hydrogen (secondary N) is 1. The Morgan fingerprint density at radius 1 is 1.29 bits per heavy atom. The van der Waals surface area contributed by atoms with Crippen molar-refractivity contribution in [3.63, 3.8) is 0 Å². The maximum atomic E-state index is 13.7. The van der Waals surface area contributed by atoms with E-state index in [9.17, 15) is 13.6 Å². The minimum absolute atomic E-state index is 0.0732. The Morgan fingerprint density at radius 2 is 2.05 bits per heavy atom. The first-order valence-corrected chi connectivity index (χ1v) is 6.85. The molecule has 1 aromatic carbocycles. The monoisotopic (exact) mass is 290 g/mol. The van der Waals surface area contributed by atoms with Crippen molar-refractivity contribution in [1.82, 2.24) is 9.88 Å². The number of carbonyl (C=O) groups is 1. The van der Waals surface area contributed by atoms with E-state index in [0.717, 1.165) is 11.8 Å². The molecule has 0 aliphatic heterocycles. The Labute approximate surface area is 121 Å². The number of aromatic nitrogens is 1. The Morgan fingerprint density at radius 3 is 2.67 bits per heavy atom. The lowest BCUT2D eigenvalue weighted by molar-refractivity contribution is 0.0942. The number of nitrogens with zero attached hydrogens (tertiary/aromatic N) is 1. The molecule has 1 aliphatic carbocycles. The topological polar surface area (TPSA) is 34.0 Å². The summed E-state index contributed by atoms with van der Waals surface area (Å²) < 4.78 is 28.4. The van der Waals surface area contributed by atoms with Crippen LogP contribution in [-0.4, -0.2) is 16.5 Å². The number of aryl methyl sites for hydroxylation is 1. The summed E-state index contributed by atoms with van der Waals surface area (Å²) in [7, 11) is 1.83. The molecule has 1 fully saturated rings. The van der Waals surface area contributed by atoms with E-state index in [4.69, 9.17) is 0 Å². The van der Waals surface area contributed by atoms with Crippen molar-refractivity contribution < 1.29 is 13.6 Å². The quantitative estimate of drug-likeness (QED) is 0.926. The van der Waals surface area contributed by atoms with E-state index in [1.165, 1.54) is 12.1 Å². The van der Waals surface area contributed by atoms with Crippen LogP contribution in [0, 0.1) is 18.6 Å². The Kier molecular flexibility index (Phi) is 3.27.